The molecule has 2 aromatic heterocycles. The Labute approximate surface area is 245 Å². The second-order valence-corrected chi connectivity index (χ2v) is 12.0. The quantitative estimate of drug-likeness (QED) is 0.390. The number of pyridine rings is 1. The maximum Gasteiger partial charge on any atom is 0.455 e. The molecule has 14 heteroatoms. The number of benzene rings is 1. The van der Waals surface area contributed by atoms with Gasteiger partial charge >= 0.3 is 12.2 Å². The summed E-state index contributed by atoms with van der Waals surface area (Å²) < 4.78 is 42.6. The summed E-state index contributed by atoms with van der Waals surface area (Å²) in [5.41, 5.74) is 0.220. The van der Waals surface area contributed by atoms with E-state index in [2.05, 4.69) is 57.1 Å². The van der Waals surface area contributed by atoms with E-state index in [0.717, 1.165) is 5.92 Å². The molecule has 0 bridgehead atoms. The van der Waals surface area contributed by atoms with Gasteiger partial charge in [-0.2, -0.15) is 23.4 Å². The van der Waals surface area contributed by atoms with E-state index in [9.17, 15) is 28.0 Å². The van der Waals surface area contributed by atoms with Gasteiger partial charge in [0.15, 0.2) is 0 Å². The molecule has 0 radical (unpaired) electrons. The van der Waals surface area contributed by atoms with Crippen molar-refractivity contribution in [3.8, 4) is 6.07 Å². The number of nitriles is 1. The average molecular weight is 606 g/mol. The van der Waals surface area contributed by atoms with Crippen LogP contribution >= 0.6 is 11.6 Å². The number of hydrogen-bond acceptors (Lipinski definition) is 8. The van der Waals surface area contributed by atoms with Gasteiger partial charge in [-0.15, -0.1) is 0 Å². The first-order valence-corrected chi connectivity index (χ1v) is 13.7. The van der Waals surface area contributed by atoms with Crippen molar-refractivity contribution in [1.29, 1.82) is 5.26 Å². The lowest BCUT2D eigenvalue weighted by molar-refractivity contribution is -0.146. The molecule has 42 heavy (non-hydrogen) atoms. The number of anilines is 1. The molecule has 2 N–H and O–H groups in total. The Morgan fingerprint density at radius 2 is 1.95 bits per heavy atom. The van der Waals surface area contributed by atoms with Gasteiger partial charge in [-0.1, -0.05) is 58.4 Å². The summed E-state index contributed by atoms with van der Waals surface area (Å²) in [4.78, 5) is 35.3. The monoisotopic (exact) mass is 605 g/mol. The number of aromatic nitrogens is 3. The molecular formula is C28H31ClF3N7O3. The van der Waals surface area contributed by atoms with E-state index >= 15 is 0 Å². The van der Waals surface area contributed by atoms with Crippen LogP contribution in [0.5, 0.6) is 0 Å². The highest BCUT2D eigenvalue weighted by molar-refractivity contribution is 6.35. The van der Waals surface area contributed by atoms with Gasteiger partial charge in [0.25, 0.3) is 5.82 Å². The van der Waals surface area contributed by atoms with E-state index in [-0.39, 0.29) is 23.8 Å². The van der Waals surface area contributed by atoms with E-state index in [1.165, 1.54) is 11.1 Å². The van der Waals surface area contributed by atoms with Gasteiger partial charge in [-0.25, -0.2) is 0 Å². The third-order valence-corrected chi connectivity index (χ3v) is 7.67. The van der Waals surface area contributed by atoms with Crippen molar-refractivity contribution in [2.24, 2.45) is 23.2 Å². The number of nitrogens with one attached hydrogen (secondary N) is 2. The van der Waals surface area contributed by atoms with Gasteiger partial charge in [0.1, 0.15) is 12.1 Å². The number of rotatable bonds is 6. The number of piperidine rings is 1. The molecule has 5 rings (SSSR count). The van der Waals surface area contributed by atoms with Crippen LogP contribution in [0.1, 0.15) is 52.0 Å². The maximum atomic E-state index is 13.5. The normalized spacial score (nSPS) is 21.2. The summed E-state index contributed by atoms with van der Waals surface area (Å²) >= 11 is 6.38. The Bertz CT molecular complexity index is 1510. The highest BCUT2D eigenvalue weighted by Crippen LogP contribution is 2.64. The number of nitrogens with zero attached hydrogens (tertiary/aromatic N) is 5. The molecule has 3 aromatic rings. The molecule has 2 fully saturated rings. The first-order valence-electron chi connectivity index (χ1n) is 13.3. The Balaban J connectivity index is 0.000000952. The minimum absolute atomic E-state index is 0.0524. The predicted octanol–water partition coefficient (Wildman–Crippen LogP) is 5.23. The lowest BCUT2D eigenvalue weighted by atomic mass is 9.98. The molecule has 3 heterocycles. The third kappa shape index (κ3) is 6.28. The second-order valence-electron chi connectivity index (χ2n) is 11.6. The molecule has 1 aliphatic heterocycles. The summed E-state index contributed by atoms with van der Waals surface area (Å²) in [6.07, 6.45) is -1.73. The van der Waals surface area contributed by atoms with Crippen LogP contribution in [-0.4, -0.2) is 51.0 Å². The van der Waals surface area contributed by atoms with Crippen molar-refractivity contribution >= 4 is 40.2 Å². The standard InChI is InChI=1S/C24H21ClF3N7O3.C4H10/c1-23(2)13-10-35(16(36)9-31-22-33-21(34-38-22)24(26,27)28)19(18(13)23)20(37)32-15(6-29)12-8-30-7-11-4-3-5-14(25)17(11)12;1-4(2)3/h3-5,7-8,13,15,18-19H,9-10H2,1-2H3,(H,32,37)(H,31,33,34);4H,1-3H3/t13?,15?,18?,19-;/m0./s1. The molecule has 2 aliphatic rings. The van der Waals surface area contributed by atoms with Crippen molar-refractivity contribution in [2.75, 3.05) is 18.4 Å². The van der Waals surface area contributed by atoms with E-state index < -0.39 is 48.5 Å². The molecule has 10 nitrogen and oxygen atoms in total. The van der Waals surface area contributed by atoms with Crippen LogP contribution in [0.15, 0.2) is 35.1 Å². The van der Waals surface area contributed by atoms with Gasteiger partial charge in [-0.05, 0) is 34.4 Å². The first-order chi connectivity index (χ1) is 19.7. The van der Waals surface area contributed by atoms with Crippen LogP contribution in [0.4, 0.5) is 19.2 Å². The Hall–Kier alpha value is -3.92. The molecule has 1 aliphatic carbocycles. The average Bonchev–Trinajstić information content (AvgIpc) is 3.33. The van der Waals surface area contributed by atoms with E-state index in [1.807, 2.05) is 13.8 Å². The number of halogens is 4. The summed E-state index contributed by atoms with van der Waals surface area (Å²) in [6.45, 7) is 10.3. The van der Waals surface area contributed by atoms with Crippen LogP contribution in [0.3, 0.4) is 0 Å². The number of alkyl halides is 3. The van der Waals surface area contributed by atoms with E-state index in [4.69, 9.17) is 11.6 Å². The fraction of sp³-hybridized carbons (Fsp3) is 0.500. The number of fused-ring (bicyclic) bond motifs is 2. The van der Waals surface area contributed by atoms with E-state index in [0.29, 0.717) is 21.4 Å². The number of likely N-dealkylation sites (tertiary alicyclic amines) is 1. The fourth-order valence-corrected chi connectivity index (χ4v) is 5.64. The zero-order valence-corrected chi connectivity index (χ0v) is 24.4. The Morgan fingerprint density at radius 3 is 2.57 bits per heavy atom. The van der Waals surface area contributed by atoms with Crippen LogP contribution in [-0.2, 0) is 15.8 Å². The zero-order chi connectivity index (χ0) is 31.0. The molecule has 0 spiro atoms. The lowest BCUT2D eigenvalue weighted by Crippen LogP contribution is -2.51. The largest absolute Gasteiger partial charge is 0.455 e. The molecule has 1 saturated carbocycles. The molecule has 1 saturated heterocycles. The minimum atomic E-state index is -4.79. The van der Waals surface area contributed by atoms with Crippen molar-refractivity contribution in [2.45, 2.75) is 52.9 Å². The van der Waals surface area contributed by atoms with Gasteiger partial charge < -0.3 is 20.1 Å². The maximum absolute atomic E-state index is 13.5. The summed E-state index contributed by atoms with van der Waals surface area (Å²) in [6, 6.07) is 4.75. The first kappa shape index (κ1) is 31.0. The summed E-state index contributed by atoms with van der Waals surface area (Å²) in [7, 11) is 0. The van der Waals surface area contributed by atoms with Crippen molar-refractivity contribution in [3.05, 3.63) is 47.0 Å². The molecule has 1 aromatic carbocycles. The van der Waals surface area contributed by atoms with Gasteiger partial charge in [0.05, 0.1) is 12.6 Å². The summed E-state index contributed by atoms with van der Waals surface area (Å²) in [5.74, 6) is -1.80. The smallest absolute Gasteiger partial charge is 0.335 e. The van der Waals surface area contributed by atoms with Crippen molar-refractivity contribution in [3.63, 3.8) is 0 Å². The van der Waals surface area contributed by atoms with Crippen LogP contribution in [0.2, 0.25) is 5.02 Å². The number of hydrogen-bond donors (Lipinski definition) is 2. The third-order valence-electron chi connectivity index (χ3n) is 7.36. The van der Waals surface area contributed by atoms with Crippen LogP contribution < -0.4 is 10.6 Å². The van der Waals surface area contributed by atoms with Crippen LogP contribution in [0, 0.1) is 34.5 Å². The zero-order valence-electron chi connectivity index (χ0n) is 23.7. The molecular weight excluding hydrogens is 575 g/mol. The Morgan fingerprint density at radius 1 is 1.26 bits per heavy atom. The highest BCUT2D eigenvalue weighted by Gasteiger charge is 2.69. The van der Waals surface area contributed by atoms with Gasteiger partial charge in [-0.3, -0.25) is 14.6 Å². The van der Waals surface area contributed by atoms with Crippen molar-refractivity contribution < 1.29 is 27.3 Å². The molecule has 4 atom stereocenters. The number of carbonyl (C=O) groups is 2. The highest BCUT2D eigenvalue weighted by atomic mass is 35.5. The minimum Gasteiger partial charge on any atom is -0.335 e. The van der Waals surface area contributed by atoms with Crippen molar-refractivity contribution in [1.82, 2.24) is 25.3 Å². The topological polar surface area (TPSA) is 137 Å². The summed E-state index contributed by atoms with van der Waals surface area (Å²) in [5, 5.41) is 19.6. The second kappa shape index (κ2) is 11.8. The van der Waals surface area contributed by atoms with Gasteiger partial charge in [0.2, 0.25) is 11.8 Å². The number of carbonyl (C=O) groups excluding carboxylic acids is 2. The van der Waals surface area contributed by atoms with Crippen LogP contribution in [0.25, 0.3) is 10.8 Å². The SMILES string of the molecule is CC(C)C.CC1(C)C2CN(C(=O)CNc3nc(C(F)(F)F)no3)[C@H](C(=O)NC(C#N)c3cncc4cccc(Cl)c34)C21. The molecule has 224 valence electrons. The molecule has 2 amide bonds. The number of amides is 2. The fourth-order valence-electron chi connectivity index (χ4n) is 5.35. The lowest BCUT2D eigenvalue weighted by Gasteiger charge is -2.30. The van der Waals surface area contributed by atoms with E-state index in [1.54, 1.807) is 24.4 Å². The van der Waals surface area contributed by atoms with Gasteiger partial charge in [0, 0.05) is 40.3 Å². The Kier molecular flexibility index (Phi) is 8.68. The predicted molar refractivity (Wildman–Crippen MR) is 148 cm³/mol. The molecule has 3 unspecified atom stereocenters.